The number of hydrogen-bond acceptors (Lipinski definition) is 4. The average molecular weight is 182 g/mol. The molecule has 0 aliphatic rings. The molecule has 0 amide bonds. The molecule has 4 heteroatoms. The lowest BCUT2D eigenvalue weighted by Gasteiger charge is -2.05. The van der Waals surface area contributed by atoms with E-state index in [9.17, 15) is 9.59 Å². The van der Waals surface area contributed by atoms with Crippen molar-refractivity contribution in [2.24, 2.45) is 15.9 Å². The second-order valence-electron chi connectivity index (χ2n) is 3.25. The summed E-state index contributed by atoms with van der Waals surface area (Å²) in [6, 6.07) is 0. The van der Waals surface area contributed by atoms with Crippen LogP contribution in [0.3, 0.4) is 0 Å². The molecule has 0 N–H and O–H groups in total. The number of isocyanates is 2. The molecule has 0 aromatic rings. The number of nitrogens with zero attached hydrogens (tertiary/aromatic N) is 2. The third-order valence-corrected chi connectivity index (χ3v) is 1.65. The number of aliphatic imine (C=N–C) groups is 2. The predicted octanol–water partition coefficient (Wildman–Crippen LogP) is 1.81. The lowest BCUT2D eigenvalue weighted by Crippen LogP contribution is -2.00. The van der Waals surface area contributed by atoms with Gasteiger partial charge < -0.3 is 0 Å². The van der Waals surface area contributed by atoms with Crippen molar-refractivity contribution in [2.45, 2.75) is 39.3 Å². The fourth-order valence-corrected chi connectivity index (χ4v) is 0.988. The normalized spacial score (nSPS) is 11.6. The van der Waals surface area contributed by atoms with E-state index in [1.165, 1.54) is 12.2 Å². The summed E-state index contributed by atoms with van der Waals surface area (Å²) in [6.07, 6.45) is 4.77. The van der Waals surface area contributed by atoms with Crippen molar-refractivity contribution >= 4 is 12.2 Å². The molecule has 0 aliphatic heterocycles. The van der Waals surface area contributed by atoms with Crippen molar-refractivity contribution in [3.63, 3.8) is 0 Å². The Morgan fingerprint density at radius 1 is 1.08 bits per heavy atom. The van der Waals surface area contributed by atoms with Crippen LogP contribution in [0.15, 0.2) is 9.98 Å². The fourth-order valence-electron chi connectivity index (χ4n) is 0.988. The summed E-state index contributed by atoms with van der Waals surface area (Å²) < 4.78 is 0. The maximum Gasteiger partial charge on any atom is 0.237 e. The van der Waals surface area contributed by atoms with Crippen LogP contribution in [0.5, 0.6) is 0 Å². The van der Waals surface area contributed by atoms with Crippen molar-refractivity contribution < 1.29 is 9.59 Å². The minimum Gasteiger partial charge on any atom is -0.211 e. The standard InChI is InChI=1S/C9H14N2O2/c1-8(2)4-3-5-9(10-6-12)11-7-13/h8-9H,3-5H2,1-2H3. The quantitative estimate of drug-likeness (QED) is 0.464. The van der Waals surface area contributed by atoms with Crippen LogP contribution in [0.2, 0.25) is 0 Å². The summed E-state index contributed by atoms with van der Waals surface area (Å²) in [6.45, 7) is 4.22. The van der Waals surface area contributed by atoms with E-state index in [2.05, 4.69) is 23.8 Å². The molecule has 0 bridgehead atoms. The van der Waals surface area contributed by atoms with Crippen molar-refractivity contribution in [3.8, 4) is 0 Å². The molecular formula is C9H14N2O2. The lowest BCUT2D eigenvalue weighted by molar-refractivity contribution is 0.496. The summed E-state index contributed by atoms with van der Waals surface area (Å²) in [5.74, 6) is 0.612. The highest BCUT2D eigenvalue weighted by Crippen LogP contribution is 2.10. The molecule has 0 radical (unpaired) electrons. The second kappa shape index (κ2) is 7.41. The summed E-state index contributed by atoms with van der Waals surface area (Å²) >= 11 is 0. The molecule has 4 nitrogen and oxygen atoms in total. The Bertz CT molecular complexity index is 208. The highest BCUT2D eigenvalue weighted by molar-refractivity contribution is 5.36. The molecule has 72 valence electrons. The zero-order chi connectivity index (χ0) is 10.1. The topological polar surface area (TPSA) is 58.9 Å². The van der Waals surface area contributed by atoms with Crippen molar-refractivity contribution in [2.75, 3.05) is 0 Å². The third-order valence-electron chi connectivity index (χ3n) is 1.65. The first-order valence-corrected chi connectivity index (χ1v) is 4.34. The monoisotopic (exact) mass is 182 g/mol. The van der Waals surface area contributed by atoms with Gasteiger partial charge in [-0.3, -0.25) is 0 Å². The first-order chi connectivity index (χ1) is 6.20. The SMILES string of the molecule is CC(C)CCCC(N=C=O)N=C=O. The Morgan fingerprint density at radius 3 is 2.00 bits per heavy atom. The molecule has 0 aromatic heterocycles. The molecule has 13 heavy (non-hydrogen) atoms. The summed E-state index contributed by atoms with van der Waals surface area (Å²) in [4.78, 5) is 26.6. The Balaban J connectivity index is 3.82. The molecule has 0 aliphatic carbocycles. The highest BCUT2D eigenvalue weighted by Gasteiger charge is 2.04. The van der Waals surface area contributed by atoms with Gasteiger partial charge in [0.15, 0.2) is 6.17 Å². The van der Waals surface area contributed by atoms with E-state index in [0.29, 0.717) is 12.3 Å². The van der Waals surface area contributed by atoms with Crippen LogP contribution in [0.4, 0.5) is 0 Å². The molecular weight excluding hydrogens is 168 g/mol. The van der Waals surface area contributed by atoms with Crippen LogP contribution in [0, 0.1) is 5.92 Å². The van der Waals surface area contributed by atoms with Crippen LogP contribution in [0.1, 0.15) is 33.1 Å². The maximum atomic E-state index is 9.91. The minimum atomic E-state index is -0.575. The van der Waals surface area contributed by atoms with Crippen LogP contribution in [0.25, 0.3) is 0 Å². The zero-order valence-corrected chi connectivity index (χ0v) is 7.99. The summed E-state index contributed by atoms with van der Waals surface area (Å²) in [7, 11) is 0. The molecule has 0 saturated heterocycles. The minimum absolute atomic E-state index is 0.575. The van der Waals surface area contributed by atoms with Crippen LogP contribution >= 0.6 is 0 Å². The maximum absolute atomic E-state index is 9.91. The molecule has 0 atom stereocenters. The average Bonchev–Trinajstić information content (AvgIpc) is 2.04. The first kappa shape index (κ1) is 11.8. The van der Waals surface area contributed by atoms with Gasteiger partial charge in [-0.25, -0.2) is 9.59 Å². The highest BCUT2D eigenvalue weighted by atomic mass is 16.1. The molecule has 0 unspecified atom stereocenters. The molecule has 0 rings (SSSR count). The zero-order valence-electron chi connectivity index (χ0n) is 7.99. The van der Waals surface area contributed by atoms with Gasteiger partial charge in [0.05, 0.1) is 0 Å². The molecule has 0 aromatic carbocycles. The van der Waals surface area contributed by atoms with E-state index in [0.717, 1.165) is 12.8 Å². The van der Waals surface area contributed by atoms with E-state index in [-0.39, 0.29) is 0 Å². The molecule has 0 fully saturated rings. The fraction of sp³-hybridized carbons (Fsp3) is 0.778. The molecule has 0 heterocycles. The smallest absolute Gasteiger partial charge is 0.211 e. The van der Waals surface area contributed by atoms with E-state index in [1.54, 1.807) is 0 Å². The molecule has 0 saturated carbocycles. The predicted molar refractivity (Wildman–Crippen MR) is 48.7 cm³/mol. The van der Waals surface area contributed by atoms with Gasteiger partial charge in [-0.1, -0.05) is 20.3 Å². The van der Waals surface area contributed by atoms with E-state index < -0.39 is 6.17 Å². The van der Waals surface area contributed by atoms with Gasteiger partial charge in [0, 0.05) is 0 Å². The van der Waals surface area contributed by atoms with E-state index in [4.69, 9.17) is 0 Å². The van der Waals surface area contributed by atoms with Gasteiger partial charge >= 0.3 is 0 Å². The van der Waals surface area contributed by atoms with Gasteiger partial charge in [0.2, 0.25) is 12.2 Å². The Kier molecular flexibility index (Phi) is 6.70. The largest absolute Gasteiger partial charge is 0.237 e. The van der Waals surface area contributed by atoms with Crippen LogP contribution in [-0.2, 0) is 9.59 Å². The summed E-state index contributed by atoms with van der Waals surface area (Å²) in [5, 5.41) is 0. The summed E-state index contributed by atoms with van der Waals surface area (Å²) in [5.41, 5.74) is 0. The Morgan fingerprint density at radius 2 is 1.62 bits per heavy atom. The Hall–Kier alpha value is -1.24. The van der Waals surface area contributed by atoms with Crippen molar-refractivity contribution in [1.82, 2.24) is 0 Å². The van der Waals surface area contributed by atoms with E-state index in [1.807, 2.05) is 0 Å². The Labute approximate surface area is 77.8 Å². The van der Waals surface area contributed by atoms with Gasteiger partial charge in [0.25, 0.3) is 0 Å². The second-order valence-corrected chi connectivity index (χ2v) is 3.25. The number of rotatable bonds is 6. The van der Waals surface area contributed by atoms with Crippen molar-refractivity contribution in [1.29, 1.82) is 0 Å². The van der Waals surface area contributed by atoms with Crippen LogP contribution in [-0.4, -0.2) is 18.3 Å². The number of hydrogen-bond donors (Lipinski definition) is 0. The van der Waals surface area contributed by atoms with Gasteiger partial charge in [0.1, 0.15) is 0 Å². The van der Waals surface area contributed by atoms with Gasteiger partial charge in [-0.15, -0.1) is 0 Å². The number of carbonyl (C=O) groups excluding carboxylic acids is 2. The molecule has 0 spiro atoms. The van der Waals surface area contributed by atoms with Crippen LogP contribution < -0.4 is 0 Å². The lowest BCUT2D eigenvalue weighted by atomic mass is 10.1. The first-order valence-electron chi connectivity index (χ1n) is 4.34. The van der Waals surface area contributed by atoms with Crippen molar-refractivity contribution in [3.05, 3.63) is 0 Å². The van der Waals surface area contributed by atoms with Gasteiger partial charge in [-0.05, 0) is 18.8 Å². The van der Waals surface area contributed by atoms with Gasteiger partial charge in [-0.2, -0.15) is 9.98 Å². The third kappa shape index (κ3) is 7.13. The van der Waals surface area contributed by atoms with E-state index >= 15 is 0 Å².